The zero-order valence-electron chi connectivity index (χ0n) is 21.0. The SMILES string of the molecule is COc1ccc(C2/C(=C(\O)c3cc(C(C)(C)C)ccc3C)C(=O)C(=O)N2c2cccc(C)c2)cc1. The molecule has 1 amide bonds. The summed E-state index contributed by atoms with van der Waals surface area (Å²) in [5, 5.41) is 11.6. The van der Waals surface area contributed by atoms with E-state index in [0.717, 1.165) is 16.7 Å². The van der Waals surface area contributed by atoms with Gasteiger partial charge < -0.3 is 9.84 Å². The van der Waals surface area contributed by atoms with Crippen LogP contribution in [0, 0.1) is 13.8 Å². The van der Waals surface area contributed by atoms with Crippen LogP contribution in [0.2, 0.25) is 0 Å². The molecule has 5 nitrogen and oxygen atoms in total. The maximum atomic E-state index is 13.5. The second-order valence-electron chi connectivity index (χ2n) is 10.1. The number of aliphatic hydroxyl groups excluding tert-OH is 1. The first-order valence-corrected chi connectivity index (χ1v) is 11.7. The lowest BCUT2D eigenvalue weighted by molar-refractivity contribution is -0.132. The molecule has 1 unspecified atom stereocenters. The van der Waals surface area contributed by atoms with Crippen LogP contribution in [0.4, 0.5) is 5.69 Å². The average molecular weight is 470 g/mol. The lowest BCUT2D eigenvalue weighted by Crippen LogP contribution is -2.29. The standard InChI is InChI=1S/C30H31NO4/c1-18-8-7-9-22(16-18)31-26(20-11-14-23(35-6)15-12-20)25(28(33)29(31)34)27(32)24-17-21(30(3,4)5)13-10-19(24)2/h7-17,26,32H,1-6H3/b27-25+. The highest BCUT2D eigenvalue weighted by Crippen LogP contribution is 2.43. The quantitative estimate of drug-likeness (QED) is 0.279. The van der Waals surface area contributed by atoms with E-state index in [0.29, 0.717) is 22.6 Å². The Labute approximate surface area is 206 Å². The Bertz CT molecular complexity index is 1330. The molecular weight excluding hydrogens is 438 g/mol. The lowest BCUT2D eigenvalue weighted by atomic mass is 9.84. The second kappa shape index (κ2) is 9.06. The Morgan fingerprint density at radius 3 is 2.23 bits per heavy atom. The molecule has 0 bridgehead atoms. The number of carbonyl (C=O) groups is 2. The van der Waals surface area contributed by atoms with Crippen LogP contribution in [0.5, 0.6) is 5.75 Å². The highest BCUT2D eigenvalue weighted by molar-refractivity contribution is 6.51. The van der Waals surface area contributed by atoms with Gasteiger partial charge in [-0.15, -0.1) is 0 Å². The summed E-state index contributed by atoms with van der Waals surface area (Å²) in [5.74, 6) is -0.870. The fourth-order valence-electron chi connectivity index (χ4n) is 4.47. The first-order chi connectivity index (χ1) is 16.5. The predicted octanol–water partition coefficient (Wildman–Crippen LogP) is 6.24. The summed E-state index contributed by atoms with van der Waals surface area (Å²) in [4.78, 5) is 28.3. The summed E-state index contributed by atoms with van der Waals surface area (Å²) in [7, 11) is 1.58. The molecule has 1 fully saturated rings. The minimum absolute atomic E-state index is 0.0795. The average Bonchev–Trinajstić information content (AvgIpc) is 3.08. The fraction of sp³-hybridized carbons (Fsp3) is 0.267. The number of hydrogen-bond donors (Lipinski definition) is 1. The molecule has 3 aromatic carbocycles. The van der Waals surface area contributed by atoms with Crippen LogP contribution in [-0.4, -0.2) is 23.9 Å². The number of rotatable bonds is 4. The number of ether oxygens (including phenoxy) is 1. The summed E-state index contributed by atoms with van der Waals surface area (Å²) in [6.45, 7) is 10.1. The number of methoxy groups -OCH3 is 1. The molecule has 0 radical (unpaired) electrons. The predicted molar refractivity (Wildman–Crippen MR) is 139 cm³/mol. The van der Waals surface area contributed by atoms with Gasteiger partial charge in [-0.25, -0.2) is 0 Å². The van der Waals surface area contributed by atoms with E-state index in [1.807, 2.05) is 62.4 Å². The summed E-state index contributed by atoms with van der Waals surface area (Å²) in [5.41, 5.74) is 4.61. The molecule has 0 aliphatic carbocycles. The van der Waals surface area contributed by atoms with Crippen molar-refractivity contribution in [3.63, 3.8) is 0 Å². The Hall–Kier alpha value is -3.86. The van der Waals surface area contributed by atoms with Gasteiger partial charge in [-0.05, 0) is 71.8 Å². The number of amides is 1. The Kier molecular flexibility index (Phi) is 6.28. The highest BCUT2D eigenvalue weighted by Gasteiger charge is 2.47. The zero-order chi connectivity index (χ0) is 25.5. The van der Waals surface area contributed by atoms with Crippen LogP contribution in [0.25, 0.3) is 5.76 Å². The number of ketones is 1. The van der Waals surface area contributed by atoms with E-state index in [1.54, 1.807) is 25.3 Å². The van der Waals surface area contributed by atoms with Crippen molar-refractivity contribution >= 4 is 23.1 Å². The third-order valence-electron chi connectivity index (χ3n) is 6.51. The van der Waals surface area contributed by atoms with Gasteiger partial charge in [0.25, 0.3) is 11.7 Å². The molecule has 180 valence electrons. The molecule has 0 spiro atoms. The molecule has 1 saturated heterocycles. The smallest absolute Gasteiger partial charge is 0.300 e. The third-order valence-corrected chi connectivity index (χ3v) is 6.51. The zero-order valence-corrected chi connectivity index (χ0v) is 21.0. The largest absolute Gasteiger partial charge is 0.507 e. The molecule has 1 aliphatic heterocycles. The van der Waals surface area contributed by atoms with E-state index in [4.69, 9.17) is 4.74 Å². The minimum Gasteiger partial charge on any atom is -0.507 e. The number of benzene rings is 3. The van der Waals surface area contributed by atoms with Crippen LogP contribution < -0.4 is 9.64 Å². The summed E-state index contributed by atoms with van der Waals surface area (Å²) < 4.78 is 5.30. The van der Waals surface area contributed by atoms with Gasteiger partial charge in [0.15, 0.2) is 0 Å². The van der Waals surface area contributed by atoms with Gasteiger partial charge in [-0.2, -0.15) is 0 Å². The van der Waals surface area contributed by atoms with E-state index >= 15 is 0 Å². The summed E-state index contributed by atoms with van der Waals surface area (Å²) in [6.07, 6.45) is 0. The van der Waals surface area contributed by atoms with Crippen molar-refractivity contribution in [3.8, 4) is 5.75 Å². The Morgan fingerprint density at radius 1 is 0.943 bits per heavy atom. The van der Waals surface area contributed by atoms with Crippen molar-refractivity contribution in [1.29, 1.82) is 0 Å². The first-order valence-electron chi connectivity index (χ1n) is 11.7. The monoisotopic (exact) mass is 469 g/mol. The molecule has 0 saturated carbocycles. The van der Waals surface area contributed by atoms with Crippen LogP contribution in [0.15, 0.2) is 72.3 Å². The van der Waals surface area contributed by atoms with Gasteiger partial charge in [0.1, 0.15) is 11.5 Å². The van der Waals surface area contributed by atoms with Gasteiger partial charge in [0, 0.05) is 11.3 Å². The molecule has 1 atom stereocenters. The normalized spacial score (nSPS) is 17.7. The second-order valence-corrected chi connectivity index (χ2v) is 10.1. The summed E-state index contributed by atoms with van der Waals surface area (Å²) in [6, 6.07) is 19.8. The van der Waals surface area contributed by atoms with Crippen molar-refractivity contribution in [2.75, 3.05) is 12.0 Å². The van der Waals surface area contributed by atoms with Crippen LogP contribution in [-0.2, 0) is 15.0 Å². The van der Waals surface area contributed by atoms with Gasteiger partial charge in [-0.3, -0.25) is 14.5 Å². The topological polar surface area (TPSA) is 66.8 Å². The van der Waals surface area contributed by atoms with Crippen molar-refractivity contribution in [3.05, 3.63) is 100 Å². The molecule has 35 heavy (non-hydrogen) atoms. The molecular formula is C30H31NO4. The van der Waals surface area contributed by atoms with Crippen LogP contribution in [0.1, 0.15) is 54.6 Å². The number of carbonyl (C=O) groups excluding carboxylic acids is 2. The molecule has 1 N–H and O–H groups in total. The number of aryl methyl sites for hydroxylation is 2. The maximum Gasteiger partial charge on any atom is 0.300 e. The van der Waals surface area contributed by atoms with Crippen molar-refractivity contribution < 1.29 is 19.4 Å². The van der Waals surface area contributed by atoms with Gasteiger partial charge in [0.2, 0.25) is 0 Å². The number of anilines is 1. The van der Waals surface area contributed by atoms with E-state index in [2.05, 4.69) is 20.8 Å². The van der Waals surface area contributed by atoms with E-state index < -0.39 is 17.7 Å². The highest BCUT2D eigenvalue weighted by atomic mass is 16.5. The van der Waals surface area contributed by atoms with Gasteiger partial charge in [-0.1, -0.05) is 57.2 Å². The van der Waals surface area contributed by atoms with E-state index in [-0.39, 0.29) is 16.7 Å². The van der Waals surface area contributed by atoms with Gasteiger partial charge >= 0.3 is 0 Å². The third kappa shape index (κ3) is 4.46. The maximum absolute atomic E-state index is 13.5. The minimum atomic E-state index is -0.777. The number of aliphatic hydroxyl groups is 1. The van der Waals surface area contributed by atoms with Crippen molar-refractivity contribution in [2.24, 2.45) is 0 Å². The molecule has 4 rings (SSSR count). The number of Topliss-reactive ketones (excluding diaryl/α,β-unsaturated/α-hetero) is 1. The van der Waals surface area contributed by atoms with E-state index in [1.165, 1.54) is 4.90 Å². The number of nitrogens with zero attached hydrogens (tertiary/aromatic N) is 1. The Balaban J connectivity index is 1.97. The van der Waals surface area contributed by atoms with E-state index in [9.17, 15) is 14.7 Å². The van der Waals surface area contributed by atoms with Crippen LogP contribution in [0.3, 0.4) is 0 Å². The molecule has 5 heteroatoms. The Morgan fingerprint density at radius 2 is 1.63 bits per heavy atom. The lowest BCUT2D eigenvalue weighted by Gasteiger charge is -2.26. The van der Waals surface area contributed by atoms with Crippen LogP contribution >= 0.6 is 0 Å². The molecule has 1 heterocycles. The van der Waals surface area contributed by atoms with Gasteiger partial charge in [0.05, 0.1) is 18.7 Å². The molecule has 0 aromatic heterocycles. The summed E-state index contributed by atoms with van der Waals surface area (Å²) >= 11 is 0. The van der Waals surface area contributed by atoms with Crippen molar-refractivity contribution in [1.82, 2.24) is 0 Å². The molecule has 3 aromatic rings. The number of hydrogen-bond acceptors (Lipinski definition) is 4. The van der Waals surface area contributed by atoms with Crippen molar-refractivity contribution in [2.45, 2.75) is 46.1 Å². The fourth-order valence-corrected chi connectivity index (χ4v) is 4.47. The molecule has 1 aliphatic rings. The first kappa shape index (κ1) is 24.3.